The molecule has 2 aromatic carbocycles. The molecule has 2 N–H and O–H groups in total. The molecule has 0 aromatic heterocycles. The number of hydrazone groups is 1. The Morgan fingerprint density at radius 3 is 2.43 bits per heavy atom. The van der Waals surface area contributed by atoms with Crippen LogP contribution in [0.1, 0.15) is 18.1 Å². The average molecular weight is 326 g/mol. The van der Waals surface area contributed by atoms with Gasteiger partial charge >= 0.3 is 0 Å². The van der Waals surface area contributed by atoms with Crippen LogP contribution in [0.4, 0.5) is 5.69 Å². The van der Waals surface area contributed by atoms with Gasteiger partial charge in [-0.3, -0.25) is 5.43 Å². The molecular formula is C18H22N4S. The van der Waals surface area contributed by atoms with E-state index in [4.69, 9.17) is 12.2 Å². The minimum Gasteiger partial charge on any atom is -0.367 e. The van der Waals surface area contributed by atoms with E-state index in [2.05, 4.69) is 76.2 Å². The second kappa shape index (κ2) is 8.90. The first-order chi connectivity index (χ1) is 11.2. The lowest BCUT2D eigenvalue weighted by molar-refractivity contribution is 0.832. The van der Waals surface area contributed by atoms with Crippen molar-refractivity contribution in [2.24, 2.45) is 5.10 Å². The van der Waals surface area contributed by atoms with E-state index < -0.39 is 0 Å². The van der Waals surface area contributed by atoms with E-state index in [9.17, 15) is 0 Å². The second-order valence-corrected chi connectivity index (χ2v) is 5.45. The van der Waals surface area contributed by atoms with E-state index in [1.807, 2.05) is 6.07 Å². The summed E-state index contributed by atoms with van der Waals surface area (Å²) in [6.45, 7) is 4.03. The monoisotopic (exact) mass is 326 g/mol. The maximum Gasteiger partial charge on any atom is 0.186 e. The Balaban J connectivity index is 2.00. The fraction of sp³-hybridized carbons (Fsp3) is 0.222. The molecule has 0 aliphatic carbocycles. The summed E-state index contributed by atoms with van der Waals surface area (Å²) in [6, 6.07) is 18.8. The standard InChI is InChI=1S/C18H22N4S/c1-3-22(14-16-7-5-4-6-8-16)17-11-9-15(10-12-17)13-20-21-18(23)19-2/h4-13H,3,14H2,1-2H3,(H2,19,21,23)/b20-13+. The predicted octanol–water partition coefficient (Wildman–Crippen LogP) is 3.14. The molecule has 2 rings (SSSR count). The number of nitrogens with zero attached hydrogens (tertiary/aromatic N) is 2. The van der Waals surface area contributed by atoms with Crippen molar-refractivity contribution in [2.45, 2.75) is 13.5 Å². The van der Waals surface area contributed by atoms with Crippen LogP contribution in [0.25, 0.3) is 0 Å². The van der Waals surface area contributed by atoms with Crippen LogP contribution in [0, 0.1) is 0 Å². The third-order valence-electron chi connectivity index (χ3n) is 3.46. The third-order valence-corrected chi connectivity index (χ3v) is 3.76. The summed E-state index contributed by atoms with van der Waals surface area (Å²) in [6.07, 6.45) is 1.75. The van der Waals surface area contributed by atoms with Gasteiger partial charge < -0.3 is 10.2 Å². The molecule has 0 amide bonds. The number of hydrogen-bond acceptors (Lipinski definition) is 3. The van der Waals surface area contributed by atoms with Crippen LogP contribution >= 0.6 is 12.2 Å². The molecule has 0 fully saturated rings. The molecule has 0 heterocycles. The highest BCUT2D eigenvalue weighted by atomic mass is 32.1. The molecule has 2 aromatic rings. The van der Waals surface area contributed by atoms with Crippen LogP contribution < -0.4 is 15.6 Å². The highest BCUT2D eigenvalue weighted by Crippen LogP contribution is 2.17. The molecule has 0 aliphatic heterocycles. The summed E-state index contributed by atoms with van der Waals surface area (Å²) in [4.78, 5) is 2.34. The van der Waals surface area contributed by atoms with Crippen LogP contribution in [0.5, 0.6) is 0 Å². The number of benzene rings is 2. The van der Waals surface area contributed by atoms with E-state index in [1.54, 1.807) is 13.3 Å². The number of thiocarbonyl (C=S) groups is 1. The van der Waals surface area contributed by atoms with Gasteiger partial charge in [0.1, 0.15) is 0 Å². The minimum absolute atomic E-state index is 0.498. The second-order valence-electron chi connectivity index (χ2n) is 5.04. The van der Waals surface area contributed by atoms with E-state index >= 15 is 0 Å². The molecule has 4 nitrogen and oxygen atoms in total. The molecule has 0 saturated carbocycles. The molecule has 0 bridgehead atoms. The molecule has 0 radical (unpaired) electrons. The number of anilines is 1. The van der Waals surface area contributed by atoms with E-state index in [0.717, 1.165) is 18.7 Å². The van der Waals surface area contributed by atoms with Crippen molar-refractivity contribution in [3.63, 3.8) is 0 Å². The smallest absolute Gasteiger partial charge is 0.186 e. The highest BCUT2D eigenvalue weighted by molar-refractivity contribution is 7.80. The SMILES string of the molecule is CCN(Cc1ccccc1)c1ccc(/C=N/NC(=S)NC)cc1. The van der Waals surface area contributed by atoms with Crippen molar-refractivity contribution in [2.75, 3.05) is 18.5 Å². The van der Waals surface area contributed by atoms with Gasteiger partial charge in [-0.25, -0.2) is 0 Å². The summed E-state index contributed by atoms with van der Waals surface area (Å²) in [5, 5.41) is 7.39. The summed E-state index contributed by atoms with van der Waals surface area (Å²) >= 11 is 4.96. The molecule has 0 unspecified atom stereocenters. The topological polar surface area (TPSA) is 39.7 Å². The van der Waals surface area contributed by atoms with Crippen LogP contribution in [-0.2, 0) is 6.54 Å². The van der Waals surface area contributed by atoms with E-state index in [-0.39, 0.29) is 0 Å². The maximum absolute atomic E-state index is 4.96. The van der Waals surface area contributed by atoms with Gasteiger partial charge in [0.25, 0.3) is 0 Å². The van der Waals surface area contributed by atoms with Gasteiger partial charge in [0.05, 0.1) is 6.21 Å². The first kappa shape index (κ1) is 17.0. The summed E-state index contributed by atoms with van der Waals surface area (Å²) in [5.74, 6) is 0. The summed E-state index contributed by atoms with van der Waals surface area (Å²) in [5.41, 5.74) is 6.28. The fourth-order valence-corrected chi connectivity index (χ4v) is 2.23. The zero-order valence-electron chi connectivity index (χ0n) is 13.5. The Bertz CT molecular complexity index is 638. The Morgan fingerprint density at radius 2 is 1.83 bits per heavy atom. The van der Waals surface area contributed by atoms with E-state index in [0.29, 0.717) is 5.11 Å². The van der Waals surface area contributed by atoms with Gasteiger partial charge in [-0.15, -0.1) is 0 Å². The van der Waals surface area contributed by atoms with Gasteiger partial charge in [-0.1, -0.05) is 42.5 Å². The average Bonchev–Trinajstić information content (AvgIpc) is 2.61. The Hall–Kier alpha value is -2.40. The largest absolute Gasteiger partial charge is 0.367 e. The van der Waals surface area contributed by atoms with Gasteiger partial charge in [0.15, 0.2) is 5.11 Å². The number of rotatable bonds is 6. The molecule has 0 atom stereocenters. The zero-order valence-corrected chi connectivity index (χ0v) is 14.3. The Kier molecular flexibility index (Phi) is 6.56. The predicted molar refractivity (Wildman–Crippen MR) is 102 cm³/mol. The molecule has 120 valence electrons. The van der Waals surface area contributed by atoms with Gasteiger partial charge in [-0.2, -0.15) is 5.10 Å². The molecule has 0 saturated heterocycles. The molecule has 0 aliphatic rings. The van der Waals surface area contributed by atoms with Gasteiger partial charge in [0.2, 0.25) is 0 Å². The number of nitrogens with one attached hydrogen (secondary N) is 2. The lowest BCUT2D eigenvalue weighted by Gasteiger charge is -2.23. The van der Waals surface area contributed by atoms with Gasteiger partial charge in [0, 0.05) is 25.8 Å². The van der Waals surface area contributed by atoms with Crippen molar-refractivity contribution in [3.05, 3.63) is 65.7 Å². The molecule has 23 heavy (non-hydrogen) atoms. The Labute approximate surface area is 143 Å². The molecule has 5 heteroatoms. The minimum atomic E-state index is 0.498. The van der Waals surface area contributed by atoms with Crippen LogP contribution in [0.2, 0.25) is 0 Å². The van der Waals surface area contributed by atoms with Crippen molar-refractivity contribution >= 4 is 29.2 Å². The van der Waals surface area contributed by atoms with Crippen molar-refractivity contribution in [1.82, 2.24) is 10.7 Å². The van der Waals surface area contributed by atoms with Crippen molar-refractivity contribution < 1.29 is 0 Å². The summed E-state index contributed by atoms with van der Waals surface area (Å²) in [7, 11) is 1.76. The molecular weight excluding hydrogens is 304 g/mol. The van der Waals surface area contributed by atoms with Crippen molar-refractivity contribution in [3.8, 4) is 0 Å². The van der Waals surface area contributed by atoms with Gasteiger partial charge in [-0.05, 0) is 42.4 Å². The first-order valence-electron chi connectivity index (χ1n) is 7.62. The normalized spacial score (nSPS) is 10.5. The van der Waals surface area contributed by atoms with Crippen LogP contribution in [0.3, 0.4) is 0 Å². The van der Waals surface area contributed by atoms with Crippen LogP contribution in [0.15, 0.2) is 59.7 Å². The molecule has 0 spiro atoms. The first-order valence-corrected chi connectivity index (χ1v) is 8.03. The number of hydrogen-bond donors (Lipinski definition) is 2. The lowest BCUT2D eigenvalue weighted by atomic mass is 10.1. The van der Waals surface area contributed by atoms with Crippen molar-refractivity contribution in [1.29, 1.82) is 0 Å². The zero-order chi connectivity index (χ0) is 16.5. The third kappa shape index (κ3) is 5.38. The summed E-state index contributed by atoms with van der Waals surface area (Å²) < 4.78 is 0. The highest BCUT2D eigenvalue weighted by Gasteiger charge is 2.04. The lowest BCUT2D eigenvalue weighted by Crippen LogP contribution is -2.28. The van der Waals surface area contributed by atoms with Crippen LogP contribution in [-0.4, -0.2) is 24.9 Å². The maximum atomic E-state index is 4.96. The Morgan fingerprint density at radius 1 is 1.13 bits per heavy atom. The quantitative estimate of drug-likeness (QED) is 0.486. The fourth-order valence-electron chi connectivity index (χ4n) is 2.18. The van der Waals surface area contributed by atoms with E-state index in [1.165, 1.54) is 11.3 Å².